The summed E-state index contributed by atoms with van der Waals surface area (Å²) in [5, 5.41) is 5.96. The van der Waals surface area contributed by atoms with Gasteiger partial charge in [-0.2, -0.15) is 4.31 Å². The van der Waals surface area contributed by atoms with E-state index in [-0.39, 0.29) is 12.1 Å². The van der Waals surface area contributed by atoms with Gasteiger partial charge in [-0.05, 0) is 68.6 Å². The van der Waals surface area contributed by atoms with Crippen LogP contribution in [0.4, 0.5) is 10.5 Å². The number of rotatable bonds is 6. The number of nitrogens with zero attached hydrogens (tertiary/aromatic N) is 2. The molecule has 3 heterocycles. The molecule has 0 radical (unpaired) electrons. The van der Waals surface area contributed by atoms with Gasteiger partial charge in [0, 0.05) is 25.3 Å². The van der Waals surface area contributed by atoms with Crippen LogP contribution in [0.5, 0.6) is 0 Å². The van der Waals surface area contributed by atoms with Gasteiger partial charge >= 0.3 is 6.03 Å². The van der Waals surface area contributed by atoms with Crippen molar-refractivity contribution in [3.63, 3.8) is 0 Å². The van der Waals surface area contributed by atoms with Crippen LogP contribution in [-0.4, -0.2) is 56.1 Å². The molecule has 2 aliphatic rings. The normalized spacial score (nSPS) is 18.5. The molecule has 9 heteroatoms. The third-order valence-electron chi connectivity index (χ3n) is 6.08. The number of hydrogen-bond acceptors (Lipinski definition) is 5. The maximum atomic E-state index is 12.7. The van der Waals surface area contributed by atoms with Crippen LogP contribution in [-0.2, 0) is 23.0 Å². The number of amides is 2. The lowest BCUT2D eigenvalue weighted by molar-refractivity contribution is 0.205. The number of anilines is 1. The predicted molar refractivity (Wildman–Crippen MR) is 119 cm³/mol. The molecule has 31 heavy (non-hydrogen) atoms. The Bertz CT molecular complexity index is 1040. The van der Waals surface area contributed by atoms with Crippen LogP contribution < -0.4 is 10.6 Å². The van der Waals surface area contributed by atoms with Crippen LogP contribution in [0.25, 0.3) is 0 Å². The molecule has 2 amide bonds. The van der Waals surface area contributed by atoms with Gasteiger partial charge in [0.1, 0.15) is 11.5 Å². The fourth-order valence-corrected chi connectivity index (χ4v) is 5.23. The Morgan fingerprint density at radius 1 is 1.16 bits per heavy atom. The molecular formula is C22H30N4O4S. The van der Waals surface area contributed by atoms with Crippen molar-refractivity contribution in [3.8, 4) is 0 Å². The van der Waals surface area contributed by atoms with Gasteiger partial charge in [0.15, 0.2) is 0 Å². The second-order valence-electron chi connectivity index (χ2n) is 8.33. The molecule has 2 aromatic rings. The fourth-order valence-electron chi connectivity index (χ4n) is 4.44. The second-order valence-corrected chi connectivity index (χ2v) is 10.3. The van der Waals surface area contributed by atoms with Crippen LogP contribution in [0.2, 0.25) is 0 Å². The van der Waals surface area contributed by atoms with E-state index in [9.17, 15) is 13.2 Å². The second kappa shape index (κ2) is 9.02. The molecular weight excluding hydrogens is 416 g/mol. The number of benzene rings is 1. The third kappa shape index (κ3) is 5.11. The number of hydrogen-bond donors (Lipinski definition) is 2. The summed E-state index contributed by atoms with van der Waals surface area (Å²) >= 11 is 0. The predicted octanol–water partition coefficient (Wildman–Crippen LogP) is 2.86. The summed E-state index contributed by atoms with van der Waals surface area (Å²) in [7, 11) is -3.24. The third-order valence-corrected chi connectivity index (χ3v) is 7.32. The minimum Gasteiger partial charge on any atom is -0.465 e. The molecule has 1 atom stereocenters. The van der Waals surface area contributed by atoms with Gasteiger partial charge in [-0.3, -0.25) is 4.90 Å². The lowest BCUT2D eigenvalue weighted by atomic mass is 9.99. The maximum Gasteiger partial charge on any atom is 0.319 e. The van der Waals surface area contributed by atoms with Crippen molar-refractivity contribution < 1.29 is 17.6 Å². The molecule has 4 rings (SSSR count). The first-order chi connectivity index (χ1) is 14.8. The van der Waals surface area contributed by atoms with Gasteiger partial charge in [-0.25, -0.2) is 13.2 Å². The summed E-state index contributed by atoms with van der Waals surface area (Å²) in [6.07, 6.45) is 4.11. The van der Waals surface area contributed by atoms with Crippen molar-refractivity contribution in [1.82, 2.24) is 14.5 Å². The summed E-state index contributed by atoms with van der Waals surface area (Å²) in [5.41, 5.74) is 2.65. The van der Waals surface area contributed by atoms with Gasteiger partial charge in [0.05, 0.1) is 12.3 Å². The largest absolute Gasteiger partial charge is 0.465 e. The Labute approximate surface area is 183 Å². The average Bonchev–Trinajstić information content (AvgIpc) is 3.40. The van der Waals surface area contributed by atoms with Crippen molar-refractivity contribution in [3.05, 3.63) is 53.0 Å². The molecule has 0 bridgehead atoms. The Hall–Kier alpha value is -2.36. The number of fused-ring (bicyclic) bond motifs is 1. The monoisotopic (exact) mass is 446 g/mol. The van der Waals surface area contributed by atoms with E-state index in [0.717, 1.165) is 54.3 Å². The van der Waals surface area contributed by atoms with E-state index in [4.69, 9.17) is 4.42 Å². The summed E-state index contributed by atoms with van der Waals surface area (Å²) in [4.78, 5) is 15.0. The molecule has 1 saturated heterocycles. The number of carbonyl (C=O) groups excluding carboxylic acids is 1. The lowest BCUT2D eigenvalue weighted by Crippen LogP contribution is -2.39. The zero-order chi connectivity index (χ0) is 22.0. The van der Waals surface area contributed by atoms with E-state index in [1.54, 1.807) is 0 Å². The van der Waals surface area contributed by atoms with Crippen LogP contribution in [0.3, 0.4) is 0 Å². The number of urea groups is 1. The molecule has 2 N–H and O–H groups in total. The number of aryl methyl sites for hydroxylation is 1. The molecule has 1 fully saturated rings. The maximum absolute atomic E-state index is 12.7. The topological polar surface area (TPSA) is 94.9 Å². The summed E-state index contributed by atoms with van der Waals surface area (Å²) < 4.78 is 31.1. The van der Waals surface area contributed by atoms with E-state index in [1.807, 2.05) is 37.3 Å². The zero-order valence-electron chi connectivity index (χ0n) is 18.1. The van der Waals surface area contributed by atoms with Crippen molar-refractivity contribution >= 4 is 21.7 Å². The van der Waals surface area contributed by atoms with Crippen molar-refractivity contribution in [2.75, 3.05) is 37.8 Å². The van der Waals surface area contributed by atoms with E-state index >= 15 is 0 Å². The van der Waals surface area contributed by atoms with Crippen LogP contribution in [0, 0.1) is 6.92 Å². The minimum absolute atomic E-state index is 0.00922. The number of nitrogens with one attached hydrogen (secondary N) is 2. The Kier molecular flexibility index (Phi) is 6.36. The molecule has 0 saturated carbocycles. The highest BCUT2D eigenvalue weighted by atomic mass is 32.2. The van der Waals surface area contributed by atoms with Crippen LogP contribution in [0.15, 0.2) is 34.7 Å². The van der Waals surface area contributed by atoms with Crippen molar-refractivity contribution in [2.45, 2.75) is 38.8 Å². The van der Waals surface area contributed by atoms with Gasteiger partial charge in [-0.1, -0.05) is 12.1 Å². The van der Waals surface area contributed by atoms with Crippen LogP contribution in [0.1, 0.15) is 41.5 Å². The fraction of sp³-hybridized carbons (Fsp3) is 0.500. The standard InChI is InChI=1S/C22H30N4O4S/c1-16-8-9-21(30-16)20(25-11-3-4-12-25)14-23-22(27)24-19-7-5-6-17-15-26(31(2,28)29)13-10-18(17)19/h5-9,20H,3-4,10-15H2,1-2H3,(H2,23,24,27). The number of sulfonamides is 1. The van der Waals surface area contributed by atoms with Gasteiger partial charge in [0.2, 0.25) is 10.0 Å². The highest BCUT2D eigenvalue weighted by molar-refractivity contribution is 7.88. The van der Waals surface area contributed by atoms with Crippen molar-refractivity contribution in [1.29, 1.82) is 0 Å². The molecule has 1 aromatic heterocycles. The molecule has 1 aromatic carbocycles. The summed E-state index contributed by atoms with van der Waals surface area (Å²) in [6.45, 7) is 5.12. The smallest absolute Gasteiger partial charge is 0.319 e. The Morgan fingerprint density at radius 2 is 1.94 bits per heavy atom. The SMILES string of the molecule is Cc1ccc(C(CNC(=O)Nc2cccc3c2CCN(S(C)(=O)=O)C3)N2CCCC2)o1. The Morgan fingerprint density at radius 3 is 2.61 bits per heavy atom. The van der Waals surface area contributed by atoms with Crippen molar-refractivity contribution in [2.24, 2.45) is 0 Å². The van der Waals surface area contributed by atoms with Gasteiger partial charge < -0.3 is 15.1 Å². The molecule has 1 unspecified atom stereocenters. The summed E-state index contributed by atoms with van der Waals surface area (Å²) in [6, 6.07) is 9.30. The molecule has 2 aliphatic heterocycles. The lowest BCUT2D eigenvalue weighted by Gasteiger charge is -2.28. The first kappa shape index (κ1) is 21.9. The van der Waals surface area contributed by atoms with Crippen LogP contribution >= 0.6 is 0 Å². The molecule has 168 valence electrons. The number of furan rings is 1. The highest BCUT2D eigenvalue weighted by Gasteiger charge is 2.27. The minimum atomic E-state index is -3.24. The molecule has 0 aliphatic carbocycles. The van der Waals surface area contributed by atoms with E-state index < -0.39 is 10.0 Å². The molecule has 0 spiro atoms. The highest BCUT2D eigenvalue weighted by Crippen LogP contribution is 2.28. The zero-order valence-corrected chi connectivity index (χ0v) is 18.9. The van der Waals surface area contributed by atoms with Gasteiger partial charge in [-0.15, -0.1) is 0 Å². The first-order valence-electron chi connectivity index (χ1n) is 10.7. The first-order valence-corrected chi connectivity index (χ1v) is 12.6. The summed E-state index contributed by atoms with van der Waals surface area (Å²) in [5.74, 6) is 1.74. The average molecular weight is 447 g/mol. The van der Waals surface area contributed by atoms with E-state index in [2.05, 4.69) is 15.5 Å². The Balaban J connectivity index is 1.42. The number of carbonyl (C=O) groups is 1. The van der Waals surface area contributed by atoms with E-state index in [1.165, 1.54) is 10.6 Å². The van der Waals surface area contributed by atoms with E-state index in [0.29, 0.717) is 26.1 Å². The van der Waals surface area contributed by atoms with Gasteiger partial charge in [0.25, 0.3) is 0 Å². The molecule has 8 nitrogen and oxygen atoms in total. The number of likely N-dealkylation sites (tertiary alicyclic amines) is 1. The quantitative estimate of drug-likeness (QED) is 0.712.